The van der Waals surface area contributed by atoms with Crippen LogP contribution in [-0.4, -0.2) is 19.0 Å². The zero-order chi connectivity index (χ0) is 21.9. The van der Waals surface area contributed by atoms with E-state index in [9.17, 15) is 0 Å². The average molecular weight is 399 g/mol. The topological polar surface area (TPSA) is 18.5 Å². The van der Waals surface area contributed by atoms with E-state index in [2.05, 4.69) is 69.2 Å². The minimum atomic E-state index is -0.521. The molecule has 0 unspecified atom stereocenters. The lowest BCUT2D eigenvalue weighted by atomic mass is 9.47. The molecule has 0 N–H and O–H groups in total. The van der Waals surface area contributed by atoms with Crippen molar-refractivity contribution in [3.63, 3.8) is 0 Å². The van der Waals surface area contributed by atoms with Crippen LogP contribution < -0.4 is 0 Å². The molecule has 0 radical (unpaired) electrons. The van der Waals surface area contributed by atoms with E-state index < -0.39 is 5.79 Å². The van der Waals surface area contributed by atoms with E-state index in [1.165, 1.54) is 44.9 Å². The third-order valence-corrected chi connectivity index (χ3v) is 6.73. The number of hydrogen-bond donors (Lipinski definition) is 0. The highest BCUT2D eigenvalue weighted by Crippen LogP contribution is 2.63. The molecule has 2 heteroatoms. The van der Waals surface area contributed by atoms with Gasteiger partial charge < -0.3 is 9.47 Å². The van der Waals surface area contributed by atoms with Gasteiger partial charge in [-0.05, 0) is 37.5 Å². The average Bonchev–Trinajstić information content (AvgIpc) is 2.57. The molecule has 0 amide bonds. The molecule has 0 atom stereocenters. The van der Waals surface area contributed by atoms with Gasteiger partial charge in [-0.1, -0.05) is 100 Å². The van der Waals surface area contributed by atoms with Crippen molar-refractivity contribution in [2.45, 2.75) is 139 Å². The normalized spacial score (nSPS) is 13.9. The van der Waals surface area contributed by atoms with Crippen LogP contribution in [0.25, 0.3) is 0 Å². The number of rotatable bonds is 15. The van der Waals surface area contributed by atoms with Crippen LogP contribution in [0.2, 0.25) is 0 Å². The highest BCUT2D eigenvalue weighted by atomic mass is 16.7. The fraction of sp³-hybridized carbons (Fsp3) is 1.00. The molecule has 0 aliphatic heterocycles. The van der Waals surface area contributed by atoms with Gasteiger partial charge >= 0.3 is 0 Å². The van der Waals surface area contributed by atoms with E-state index >= 15 is 0 Å². The summed E-state index contributed by atoms with van der Waals surface area (Å²) >= 11 is 0. The van der Waals surface area contributed by atoms with Crippen LogP contribution in [0.15, 0.2) is 0 Å². The van der Waals surface area contributed by atoms with Gasteiger partial charge in [-0.2, -0.15) is 0 Å². The molecule has 0 bridgehead atoms. The molecule has 0 spiro atoms. The quantitative estimate of drug-likeness (QED) is 0.203. The predicted molar refractivity (Wildman–Crippen MR) is 125 cm³/mol. The Balaban J connectivity index is 6.10. The lowest BCUT2D eigenvalue weighted by molar-refractivity contribution is -0.351. The van der Waals surface area contributed by atoms with Crippen molar-refractivity contribution in [2.75, 3.05) is 13.2 Å². The molecule has 2 nitrogen and oxygen atoms in total. The van der Waals surface area contributed by atoms with Crippen molar-refractivity contribution in [3.05, 3.63) is 0 Å². The lowest BCUT2D eigenvalue weighted by Crippen LogP contribution is -2.64. The van der Waals surface area contributed by atoms with Crippen molar-refractivity contribution in [2.24, 2.45) is 16.2 Å². The maximum Gasteiger partial charge on any atom is 0.174 e. The van der Waals surface area contributed by atoms with Gasteiger partial charge in [-0.25, -0.2) is 0 Å². The van der Waals surface area contributed by atoms with Crippen LogP contribution in [0.5, 0.6) is 0 Å². The minimum Gasteiger partial charge on any atom is -0.350 e. The van der Waals surface area contributed by atoms with Crippen molar-refractivity contribution in [3.8, 4) is 0 Å². The molecule has 0 saturated heterocycles. The molecule has 0 saturated carbocycles. The highest BCUT2D eigenvalue weighted by molar-refractivity contribution is 5.08. The summed E-state index contributed by atoms with van der Waals surface area (Å²) < 4.78 is 13.3. The van der Waals surface area contributed by atoms with Gasteiger partial charge in [0, 0.05) is 25.0 Å². The van der Waals surface area contributed by atoms with Crippen LogP contribution in [0.3, 0.4) is 0 Å². The Kier molecular flexibility index (Phi) is 12.5. The minimum absolute atomic E-state index is 0.0566. The Bertz CT molecular complexity index is 366. The van der Waals surface area contributed by atoms with Gasteiger partial charge in [0.2, 0.25) is 0 Å². The van der Waals surface area contributed by atoms with Crippen molar-refractivity contribution in [1.29, 1.82) is 0 Å². The van der Waals surface area contributed by atoms with Gasteiger partial charge in [-0.3, -0.25) is 0 Å². The molecular weight excluding hydrogens is 344 g/mol. The van der Waals surface area contributed by atoms with Crippen molar-refractivity contribution < 1.29 is 9.47 Å². The van der Waals surface area contributed by atoms with Gasteiger partial charge in [0.25, 0.3) is 0 Å². The van der Waals surface area contributed by atoms with E-state index in [0.29, 0.717) is 13.2 Å². The van der Waals surface area contributed by atoms with Crippen LogP contribution in [0.4, 0.5) is 0 Å². The lowest BCUT2D eigenvalue weighted by Gasteiger charge is -2.63. The first-order valence-electron chi connectivity index (χ1n) is 12.3. The number of hydrogen-bond acceptors (Lipinski definition) is 2. The second-order valence-electron chi connectivity index (χ2n) is 10.6. The molecule has 0 aliphatic rings. The molecule has 28 heavy (non-hydrogen) atoms. The molecule has 0 aromatic rings. The molecular formula is C26H54O2. The summed E-state index contributed by atoms with van der Waals surface area (Å²) in [6.45, 7) is 24.7. The van der Waals surface area contributed by atoms with Crippen LogP contribution in [0, 0.1) is 16.2 Å². The van der Waals surface area contributed by atoms with Crippen molar-refractivity contribution in [1.82, 2.24) is 0 Å². The van der Waals surface area contributed by atoms with E-state index in [1.807, 2.05) is 0 Å². The second-order valence-corrected chi connectivity index (χ2v) is 10.6. The summed E-state index contributed by atoms with van der Waals surface area (Å²) in [6, 6.07) is 0. The standard InChI is InChI=1S/C26H54O2/c1-11-15-17-18-19-20-21-25(23(5,6)7,24(8,9)10)26(27-13-3,28-14-4)22-16-12-2/h11-22H2,1-10H3. The molecule has 170 valence electrons. The van der Waals surface area contributed by atoms with Crippen LogP contribution >= 0.6 is 0 Å². The SMILES string of the molecule is CCCCCCCCC(C(C)(C)C)(C(C)(C)C)C(CCCC)(OCC)OCC. The summed E-state index contributed by atoms with van der Waals surface area (Å²) in [7, 11) is 0. The first-order chi connectivity index (χ1) is 13.0. The maximum absolute atomic E-state index is 6.66. The zero-order valence-corrected chi connectivity index (χ0v) is 21.3. The molecule has 0 aliphatic carbocycles. The van der Waals surface area contributed by atoms with E-state index in [4.69, 9.17) is 9.47 Å². The summed E-state index contributed by atoms with van der Waals surface area (Å²) in [4.78, 5) is 0. The largest absolute Gasteiger partial charge is 0.350 e. The van der Waals surface area contributed by atoms with Gasteiger partial charge in [0.1, 0.15) is 0 Å². The fourth-order valence-corrected chi connectivity index (χ4v) is 5.90. The molecule has 0 fully saturated rings. The monoisotopic (exact) mass is 398 g/mol. The van der Waals surface area contributed by atoms with Gasteiger partial charge in [0.15, 0.2) is 5.79 Å². The van der Waals surface area contributed by atoms with Gasteiger partial charge in [0.05, 0.1) is 0 Å². The van der Waals surface area contributed by atoms with E-state index in [0.717, 1.165) is 19.3 Å². The Morgan fingerprint density at radius 3 is 1.32 bits per heavy atom. The summed E-state index contributed by atoms with van der Waals surface area (Å²) in [5.41, 5.74) is 0.0957. The molecule has 0 heterocycles. The third-order valence-electron chi connectivity index (χ3n) is 6.73. The second kappa shape index (κ2) is 12.6. The van der Waals surface area contributed by atoms with E-state index in [-0.39, 0.29) is 16.2 Å². The number of unbranched alkanes of at least 4 members (excludes halogenated alkanes) is 6. The smallest absolute Gasteiger partial charge is 0.174 e. The van der Waals surface area contributed by atoms with Crippen molar-refractivity contribution >= 4 is 0 Å². The summed E-state index contributed by atoms with van der Waals surface area (Å²) in [5.74, 6) is -0.521. The first kappa shape index (κ1) is 27.9. The van der Waals surface area contributed by atoms with Crippen LogP contribution in [-0.2, 0) is 9.47 Å². The third kappa shape index (κ3) is 6.73. The molecule has 0 aromatic carbocycles. The highest BCUT2D eigenvalue weighted by Gasteiger charge is 2.64. The van der Waals surface area contributed by atoms with E-state index in [1.54, 1.807) is 0 Å². The summed E-state index contributed by atoms with van der Waals surface area (Å²) in [6.07, 6.45) is 12.4. The Hall–Kier alpha value is -0.0800. The maximum atomic E-state index is 6.66. The predicted octanol–water partition coefficient (Wildman–Crippen LogP) is 8.78. The first-order valence-corrected chi connectivity index (χ1v) is 12.3. The molecule has 0 rings (SSSR count). The Morgan fingerprint density at radius 1 is 0.500 bits per heavy atom. The Labute approximate surface area is 178 Å². The zero-order valence-electron chi connectivity index (χ0n) is 21.3. The fourth-order valence-electron chi connectivity index (χ4n) is 5.90. The van der Waals surface area contributed by atoms with Gasteiger partial charge in [-0.15, -0.1) is 0 Å². The Morgan fingerprint density at radius 2 is 0.929 bits per heavy atom. The summed E-state index contributed by atoms with van der Waals surface area (Å²) in [5, 5.41) is 0. The van der Waals surface area contributed by atoms with Crippen LogP contribution in [0.1, 0.15) is 133 Å². The molecule has 0 aromatic heterocycles. The number of ether oxygens (including phenoxy) is 2.